The second kappa shape index (κ2) is 5.26. The third kappa shape index (κ3) is 3.23. The van der Waals surface area contributed by atoms with E-state index in [2.05, 4.69) is 17.1 Å². The maximum Gasteiger partial charge on any atom is 0.421 e. The largest absolute Gasteiger partial charge is 0.421 e. The molecule has 0 aliphatic heterocycles. The van der Waals surface area contributed by atoms with Gasteiger partial charge in [-0.05, 0) is 12.1 Å². The van der Waals surface area contributed by atoms with Gasteiger partial charge in [0.1, 0.15) is 0 Å². The van der Waals surface area contributed by atoms with Crippen molar-refractivity contribution in [2.75, 3.05) is 14.2 Å². The minimum Gasteiger partial charge on any atom is -0.386 e. The fourth-order valence-electron chi connectivity index (χ4n) is 1.09. The summed E-state index contributed by atoms with van der Waals surface area (Å²) in [6.07, 6.45) is 0. The molecule has 78 valence electrons. The summed E-state index contributed by atoms with van der Waals surface area (Å²) >= 11 is 0. The Labute approximate surface area is 86.4 Å². The predicted molar refractivity (Wildman–Crippen MR) is 58.9 cm³/mol. The Balaban J connectivity index is 2.48. The van der Waals surface area contributed by atoms with Crippen LogP contribution in [0.25, 0.3) is 0 Å². The molecule has 0 saturated heterocycles. The lowest BCUT2D eigenvalue weighted by molar-refractivity contribution is 0.235. The van der Waals surface area contributed by atoms with Gasteiger partial charge in [-0.1, -0.05) is 30.3 Å². The summed E-state index contributed by atoms with van der Waals surface area (Å²) < 4.78 is 10.6. The highest BCUT2D eigenvalue weighted by atomic mass is 28.4. The average Bonchev–Trinajstić information content (AvgIpc) is 2.27. The van der Waals surface area contributed by atoms with Crippen LogP contribution in [-0.2, 0) is 15.4 Å². The molecule has 0 atom stereocenters. The van der Waals surface area contributed by atoms with Crippen molar-refractivity contribution in [3.8, 4) is 0 Å². The van der Waals surface area contributed by atoms with E-state index in [1.807, 2.05) is 24.7 Å². The van der Waals surface area contributed by atoms with Crippen LogP contribution in [0, 0.1) is 0 Å². The lowest BCUT2D eigenvalue weighted by Gasteiger charge is -2.23. The molecule has 3 nitrogen and oxygen atoms in total. The zero-order valence-electron chi connectivity index (χ0n) is 8.91. The molecule has 14 heavy (non-hydrogen) atoms. The standard InChI is InChI=1S/C10H17NO2Si/c1-12-14(3,13-2)11-9-10-7-5-4-6-8-10/h4-8,11H,9H2,1-3H3. The van der Waals surface area contributed by atoms with Gasteiger partial charge in [0, 0.05) is 20.8 Å². The zero-order valence-corrected chi connectivity index (χ0v) is 9.91. The van der Waals surface area contributed by atoms with Crippen LogP contribution in [-0.4, -0.2) is 22.9 Å². The van der Waals surface area contributed by atoms with Crippen molar-refractivity contribution in [2.45, 2.75) is 13.1 Å². The third-order valence-corrected chi connectivity index (χ3v) is 4.61. The zero-order chi connectivity index (χ0) is 10.4. The van der Waals surface area contributed by atoms with Crippen LogP contribution in [0.1, 0.15) is 5.56 Å². The van der Waals surface area contributed by atoms with Crippen molar-refractivity contribution < 1.29 is 8.85 Å². The van der Waals surface area contributed by atoms with Crippen molar-refractivity contribution in [3.05, 3.63) is 35.9 Å². The molecule has 0 saturated carbocycles. The van der Waals surface area contributed by atoms with Crippen molar-refractivity contribution in [2.24, 2.45) is 0 Å². The van der Waals surface area contributed by atoms with E-state index >= 15 is 0 Å². The Morgan fingerprint density at radius 2 is 1.71 bits per heavy atom. The molecule has 1 aromatic rings. The fourth-order valence-corrected chi connectivity index (χ4v) is 2.07. The van der Waals surface area contributed by atoms with E-state index in [0.29, 0.717) is 0 Å². The Morgan fingerprint density at radius 3 is 2.21 bits per heavy atom. The van der Waals surface area contributed by atoms with Crippen LogP contribution >= 0.6 is 0 Å². The van der Waals surface area contributed by atoms with E-state index in [0.717, 1.165) is 6.54 Å². The van der Waals surface area contributed by atoms with Crippen molar-refractivity contribution in [1.82, 2.24) is 4.98 Å². The highest BCUT2D eigenvalue weighted by molar-refractivity contribution is 6.63. The smallest absolute Gasteiger partial charge is 0.386 e. The second-order valence-corrected chi connectivity index (χ2v) is 6.25. The number of hydrogen-bond donors (Lipinski definition) is 1. The van der Waals surface area contributed by atoms with Gasteiger partial charge in [0.2, 0.25) is 0 Å². The average molecular weight is 211 g/mol. The van der Waals surface area contributed by atoms with Crippen LogP contribution in [0.5, 0.6) is 0 Å². The van der Waals surface area contributed by atoms with Crippen LogP contribution in [0.2, 0.25) is 6.55 Å². The maximum atomic E-state index is 5.31. The van der Waals surface area contributed by atoms with Crippen molar-refractivity contribution in [3.63, 3.8) is 0 Å². The highest BCUT2D eigenvalue weighted by Gasteiger charge is 2.28. The van der Waals surface area contributed by atoms with Crippen LogP contribution in [0.15, 0.2) is 30.3 Å². The summed E-state index contributed by atoms with van der Waals surface area (Å²) in [4.78, 5) is 3.31. The Morgan fingerprint density at radius 1 is 1.14 bits per heavy atom. The van der Waals surface area contributed by atoms with Gasteiger partial charge in [-0.2, -0.15) is 0 Å². The van der Waals surface area contributed by atoms with Gasteiger partial charge < -0.3 is 8.85 Å². The minimum absolute atomic E-state index is 0.783. The quantitative estimate of drug-likeness (QED) is 0.751. The molecule has 0 heterocycles. The summed E-state index contributed by atoms with van der Waals surface area (Å²) in [5.74, 6) is 0. The summed E-state index contributed by atoms with van der Waals surface area (Å²) in [6, 6.07) is 10.2. The molecule has 1 rings (SSSR count). The van der Waals surface area contributed by atoms with Gasteiger partial charge in [-0.3, -0.25) is 4.98 Å². The first-order valence-electron chi connectivity index (χ1n) is 4.59. The lowest BCUT2D eigenvalue weighted by atomic mass is 10.2. The van der Waals surface area contributed by atoms with E-state index in [9.17, 15) is 0 Å². The molecular formula is C10H17NO2Si. The van der Waals surface area contributed by atoms with Gasteiger partial charge in [-0.15, -0.1) is 0 Å². The first-order valence-corrected chi connectivity index (χ1v) is 6.91. The summed E-state index contributed by atoms with van der Waals surface area (Å²) in [5, 5.41) is 0. The molecule has 0 radical (unpaired) electrons. The molecular weight excluding hydrogens is 194 g/mol. The van der Waals surface area contributed by atoms with E-state index in [-0.39, 0.29) is 0 Å². The van der Waals surface area contributed by atoms with E-state index in [1.54, 1.807) is 14.2 Å². The van der Waals surface area contributed by atoms with Gasteiger partial charge in [0.05, 0.1) is 0 Å². The molecule has 1 aromatic carbocycles. The van der Waals surface area contributed by atoms with Crippen LogP contribution in [0.3, 0.4) is 0 Å². The lowest BCUT2D eigenvalue weighted by Crippen LogP contribution is -2.51. The molecule has 0 amide bonds. The predicted octanol–water partition coefficient (Wildman–Crippen LogP) is 1.64. The molecule has 4 heteroatoms. The summed E-state index contributed by atoms with van der Waals surface area (Å²) in [7, 11) is 1.22. The molecule has 0 aliphatic rings. The van der Waals surface area contributed by atoms with Gasteiger partial charge >= 0.3 is 8.72 Å². The molecule has 0 bridgehead atoms. The summed E-state index contributed by atoms with van der Waals surface area (Å²) in [6.45, 7) is 2.77. The Kier molecular flexibility index (Phi) is 4.28. The van der Waals surface area contributed by atoms with E-state index in [1.165, 1.54) is 5.56 Å². The first kappa shape index (κ1) is 11.4. The third-order valence-electron chi connectivity index (χ3n) is 2.24. The monoisotopic (exact) mass is 211 g/mol. The van der Waals surface area contributed by atoms with Gasteiger partial charge in [-0.25, -0.2) is 0 Å². The Bertz CT molecular complexity index is 262. The summed E-state index contributed by atoms with van der Waals surface area (Å²) in [5.41, 5.74) is 1.24. The molecule has 1 N–H and O–H groups in total. The van der Waals surface area contributed by atoms with Crippen LogP contribution < -0.4 is 4.98 Å². The Hall–Kier alpha value is -0.683. The van der Waals surface area contributed by atoms with Crippen LogP contribution in [0.4, 0.5) is 0 Å². The molecule has 0 fully saturated rings. The number of nitrogens with one attached hydrogen (secondary N) is 1. The van der Waals surface area contributed by atoms with Gasteiger partial charge in [0.15, 0.2) is 0 Å². The number of benzene rings is 1. The normalized spacial score (nSPS) is 11.6. The van der Waals surface area contributed by atoms with Crippen molar-refractivity contribution >= 4 is 8.72 Å². The highest BCUT2D eigenvalue weighted by Crippen LogP contribution is 2.03. The second-order valence-electron chi connectivity index (χ2n) is 3.19. The SMILES string of the molecule is CO[Si](C)(NCc1ccccc1)OC. The van der Waals surface area contributed by atoms with Crippen molar-refractivity contribution in [1.29, 1.82) is 0 Å². The first-order chi connectivity index (χ1) is 6.70. The molecule has 0 spiro atoms. The molecule has 0 aliphatic carbocycles. The van der Waals surface area contributed by atoms with Gasteiger partial charge in [0.25, 0.3) is 0 Å². The molecule has 0 aromatic heterocycles. The number of hydrogen-bond acceptors (Lipinski definition) is 3. The maximum absolute atomic E-state index is 5.31. The molecule has 0 unspecified atom stereocenters. The van der Waals surface area contributed by atoms with E-state index < -0.39 is 8.72 Å². The number of rotatable bonds is 5. The topological polar surface area (TPSA) is 30.5 Å². The minimum atomic E-state index is -2.13. The fraction of sp³-hybridized carbons (Fsp3) is 0.400. The van der Waals surface area contributed by atoms with E-state index in [4.69, 9.17) is 8.85 Å².